The van der Waals surface area contributed by atoms with Crippen LogP contribution in [-0.4, -0.2) is 80.6 Å². The minimum absolute atomic E-state index is 0.308. The minimum atomic E-state index is -0.899. The predicted octanol–water partition coefficient (Wildman–Crippen LogP) is 5.42. The van der Waals surface area contributed by atoms with E-state index in [9.17, 15) is 9.90 Å². The topological polar surface area (TPSA) is 124 Å². The average molecular weight is 633 g/mol. The number of hydrogen-bond acceptors (Lipinski definition) is 10. The van der Waals surface area contributed by atoms with Crippen molar-refractivity contribution in [3.05, 3.63) is 64.9 Å². The van der Waals surface area contributed by atoms with Crippen molar-refractivity contribution in [2.75, 3.05) is 69.3 Å². The molecular weight excluding hydrogens is 593 g/mol. The lowest BCUT2D eigenvalue weighted by molar-refractivity contribution is -0.111. The Labute approximate surface area is 262 Å². The van der Waals surface area contributed by atoms with Crippen LogP contribution in [0, 0.1) is 0 Å². The van der Waals surface area contributed by atoms with Crippen LogP contribution in [0.15, 0.2) is 49.3 Å². The third-order valence-corrected chi connectivity index (χ3v) is 7.35. The van der Waals surface area contributed by atoms with Gasteiger partial charge >= 0.3 is 0 Å². The highest BCUT2D eigenvalue weighted by atomic mass is 35.5. The number of aromatic nitrogens is 2. The Morgan fingerprint density at radius 3 is 2.40 bits per heavy atom. The molecule has 3 rings (SSSR count). The highest BCUT2D eigenvalue weighted by Crippen LogP contribution is 2.44. The summed E-state index contributed by atoms with van der Waals surface area (Å²) in [6, 6.07) is 9.18. The number of aliphatic hydroxyl groups is 1. The molecule has 0 aliphatic carbocycles. The van der Waals surface area contributed by atoms with Gasteiger partial charge in [0.05, 0.1) is 31.3 Å². The van der Waals surface area contributed by atoms with Gasteiger partial charge in [0, 0.05) is 32.1 Å². The number of aliphatic hydroxyl groups excluding tert-OH is 1. The minimum Gasteiger partial charge on any atom is -0.495 e. The molecule has 4 N–H and O–H groups in total. The molecule has 232 valence electrons. The van der Waals surface area contributed by atoms with Crippen LogP contribution in [0.1, 0.15) is 18.4 Å². The highest BCUT2D eigenvalue weighted by molar-refractivity contribution is 6.41. The van der Waals surface area contributed by atoms with E-state index in [-0.39, 0.29) is 5.91 Å². The molecule has 0 aliphatic rings. The van der Waals surface area contributed by atoms with Crippen LogP contribution < -0.4 is 30.3 Å². The summed E-state index contributed by atoms with van der Waals surface area (Å²) in [5.41, 5.74) is 2.82. The van der Waals surface area contributed by atoms with E-state index < -0.39 is 6.23 Å². The number of carbonyl (C=O) groups is 1. The molecule has 0 aliphatic heterocycles. The first-order valence-electron chi connectivity index (χ1n) is 13.6. The monoisotopic (exact) mass is 631 g/mol. The number of halogens is 2. The number of carbonyl (C=O) groups excluding carboxylic acids is 1. The number of nitrogens with zero attached hydrogens (tertiary/aromatic N) is 4. The van der Waals surface area contributed by atoms with Gasteiger partial charge in [0.2, 0.25) is 5.91 Å². The molecular formula is C30H39Cl2N7O4. The first-order valence-corrected chi connectivity index (χ1v) is 14.4. The molecule has 1 heterocycles. The first-order chi connectivity index (χ1) is 20.6. The van der Waals surface area contributed by atoms with Crippen LogP contribution in [0.4, 0.5) is 28.7 Å². The summed E-state index contributed by atoms with van der Waals surface area (Å²) >= 11 is 12.9. The molecule has 1 aromatic heterocycles. The fourth-order valence-electron chi connectivity index (χ4n) is 4.20. The maximum atomic E-state index is 12.1. The molecule has 0 radical (unpaired) electrons. The summed E-state index contributed by atoms with van der Waals surface area (Å²) in [6.07, 6.45) is 3.89. The van der Waals surface area contributed by atoms with Crippen LogP contribution in [0.25, 0.3) is 0 Å². The third-order valence-electron chi connectivity index (χ3n) is 6.60. The molecule has 0 saturated carbocycles. The van der Waals surface area contributed by atoms with E-state index in [4.69, 9.17) is 32.7 Å². The molecule has 3 aromatic rings. The predicted molar refractivity (Wildman–Crippen MR) is 175 cm³/mol. The SMILES string of the molecule is C=CC(=O)Nc1cc(CCCN(C)C)ccc1Nc1cc(N(C)C(O)CCNc2c(Cl)c(OC)cc(OC)c2Cl)ncn1. The average Bonchev–Trinajstić information content (AvgIpc) is 2.99. The second kappa shape index (κ2) is 16.2. The number of hydrogen-bond donors (Lipinski definition) is 4. The second-order valence-electron chi connectivity index (χ2n) is 9.96. The number of methoxy groups -OCH3 is 2. The maximum absolute atomic E-state index is 12.1. The molecule has 0 saturated heterocycles. The Hall–Kier alpha value is -3.77. The van der Waals surface area contributed by atoms with Crippen LogP contribution in [0.3, 0.4) is 0 Å². The van der Waals surface area contributed by atoms with Gasteiger partial charge in [-0.3, -0.25) is 4.79 Å². The lowest BCUT2D eigenvalue weighted by atomic mass is 10.1. The molecule has 2 aromatic carbocycles. The summed E-state index contributed by atoms with van der Waals surface area (Å²) < 4.78 is 10.6. The Kier molecular flexibility index (Phi) is 12.7. The zero-order valence-corrected chi connectivity index (χ0v) is 26.6. The van der Waals surface area contributed by atoms with Crippen LogP contribution >= 0.6 is 23.2 Å². The quantitative estimate of drug-likeness (QED) is 0.120. The Balaban J connectivity index is 1.70. The standard InChI is InChI=1S/C30H39Cl2N7O4/c1-7-26(40)37-21-15-19(9-8-14-38(2)3)10-11-20(21)36-24-17-25(35-18-34-24)39(4)27(41)12-13-33-30-28(31)22(42-5)16-23(43-6)29(30)32/h7,10-11,15-18,27,33,41H,1,8-9,12-14H2,2-6H3,(H,37,40)(H,34,35,36). The van der Waals surface area contributed by atoms with Crippen molar-refractivity contribution in [3.8, 4) is 11.5 Å². The molecule has 0 spiro atoms. The Morgan fingerprint density at radius 1 is 1.07 bits per heavy atom. The fourth-order valence-corrected chi connectivity index (χ4v) is 4.84. The molecule has 11 nitrogen and oxygen atoms in total. The highest BCUT2D eigenvalue weighted by Gasteiger charge is 2.19. The maximum Gasteiger partial charge on any atom is 0.247 e. The van der Waals surface area contributed by atoms with Gasteiger partial charge in [0.15, 0.2) is 0 Å². The van der Waals surface area contributed by atoms with Crippen molar-refractivity contribution in [1.29, 1.82) is 0 Å². The summed E-state index contributed by atoms with van der Waals surface area (Å²) in [4.78, 5) is 24.5. The van der Waals surface area contributed by atoms with Gasteiger partial charge < -0.3 is 40.3 Å². The summed E-state index contributed by atoms with van der Waals surface area (Å²) in [5.74, 6) is 1.48. The molecule has 1 amide bonds. The van der Waals surface area contributed by atoms with Gasteiger partial charge in [0.1, 0.15) is 45.7 Å². The van der Waals surface area contributed by atoms with Crippen molar-refractivity contribution in [1.82, 2.24) is 14.9 Å². The molecule has 0 fully saturated rings. The molecule has 1 atom stereocenters. The van der Waals surface area contributed by atoms with E-state index in [1.807, 2.05) is 32.3 Å². The largest absolute Gasteiger partial charge is 0.495 e. The van der Waals surface area contributed by atoms with E-state index in [0.717, 1.165) is 24.9 Å². The van der Waals surface area contributed by atoms with Crippen molar-refractivity contribution < 1.29 is 19.4 Å². The van der Waals surface area contributed by atoms with E-state index in [1.165, 1.54) is 26.6 Å². The zero-order chi connectivity index (χ0) is 31.5. The van der Waals surface area contributed by atoms with Gasteiger partial charge in [-0.1, -0.05) is 35.8 Å². The van der Waals surface area contributed by atoms with Gasteiger partial charge in [-0.25, -0.2) is 9.97 Å². The molecule has 43 heavy (non-hydrogen) atoms. The van der Waals surface area contributed by atoms with E-state index in [2.05, 4.69) is 37.4 Å². The lowest BCUT2D eigenvalue weighted by Crippen LogP contribution is -2.33. The number of ether oxygens (including phenoxy) is 2. The first kappa shape index (κ1) is 33.7. The van der Waals surface area contributed by atoms with Crippen molar-refractivity contribution in [3.63, 3.8) is 0 Å². The smallest absolute Gasteiger partial charge is 0.247 e. The third kappa shape index (κ3) is 9.36. The van der Waals surface area contributed by atoms with E-state index in [1.54, 1.807) is 24.1 Å². The molecule has 1 unspecified atom stereocenters. The van der Waals surface area contributed by atoms with Crippen molar-refractivity contribution >= 4 is 57.8 Å². The van der Waals surface area contributed by atoms with Crippen LogP contribution in [0.5, 0.6) is 11.5 Å². The zero-order valence-electron chi connectivity index (χ0n) is 25.1. The number of benzene rings is 2. The Bertz CT molecular complexity index is 1380. The van der Waals surface area contributed by atoms with Crippen molar-refractivity contribution in [2.24, 2.45) is 0 Å². The number of amides is 1. The summed E-state index contributed by atoms with van der Waals surface area (Å²) in [5, 5.41) is 20.8. The van der Waals surface area contributed by atoms with Crippen molar-refractivity contribution in [2.45, 2.75) is 25.5 Å². The fraction of sp³-hybridized carbons (Fsp3) is 0.367. The summed E-state index contributed by atoms with van der Waals surface area (Å²) in [6.45, 7) is 4.86. The van der Waals surface area contributed by atoms with Crippen LogP contribution in [-0.2, 0) is 11.2 Å². The van der Waals surface area contributed by atoms with E-state index >= 15 is 0 Å². The number of anilines is 5. The molecule has 13 heteroatoms. The van der Waals surface area contributed by atoms with Gasteiger partial charge in [0.25, 0.3) is 0 Å². The normalized spacial score (nSPS) is 11.6. The number of nitrogens with one attached hydrogen (secondary N) is 3. The van der Waals surface area contributed by atoms with Gasteiger partial charge in [-0.15, -0.1) is 0 Å². The van der Waals surface area contributed by atoms with Gasteiger partial charge in [-0.05, 0) is 57.3 Å². The Morgan fingerprint density at radius 2 is 1.77 bits per heavy atom. The van der Waals surface area contributed by atoms with E-state index in [0.29, 0.717) is 63.2 Å². The van der Waals surface area contributed by atoms with Crippen LogP contribution in [0.2, 0.25) is 10.0 Å². The summed E-state index contributed by atoms with van der Waals surface area (Å²) in [7, 11) is 8.81. The second-order valence-corrected chi connectivity index (χ2v) is 10.7. The number of rotatable bonds is 16. The van der Waals surface area contributed by atoms with Gasteiger partial charge in [-0.2, -0.15) is 0 Å². The lowest BCUT2D eigenvalue weighted by Gasteiger charge is -2.25. The number of aryl methyl sites for hydroxylation is 1. The molecule has 0 bridgehead atoms.